The van der Waals surface area contributed by atoms with E-state index < -0.39 is 11.9 Å². The maximum atomic E-state index is 13.9. The van der Waals surface area contributed by atoms with Crippen molar-refractivity contribution >= 4 is 52.2 Å². The van der Waals surface area contributed by atoms with E-state index in [0.717, 1.165) is 49.2 Å². The number of phenols is 1. The van der Waals surface area contributed by atoms with Crippen molar-refractivity contribution in [2.24, 2.45) is 0 Å². The molecule has 9 heteroatoms. The van der Waals surface area contributed by atoms with Crippen LogP contribution in [0.15, 0.2) is 48.5 Å². The Kier molecular flexibility index (Phi) is 7.76. The van der Waals surface area contributed by atoms with Gasteiger partial charge < -0.3 is 10.4 Å². The lowest BCUT2D eigenvalue weighted by Crippen LogP contribution is -2.47. The van der Waals surface area contributed by atoms with Crippen LogP contribution in [0.4, 0.5) is 5.69 Å². The molecule has 0 spiro atoms. The highest BCUT2D eigenvalue weighted by molar-refractivity contribution is 7.11. The van der Waals surface area contributed by atoms with Gasteiger partial charge in [-0.05, 0) is 66.7 Å². The zero-order valence-electron chi connectivity index (χ0n) is 18.6. The van der Waals surface area contributed by atoms with Crippen molar-refractivity contribution in [2.45, 2.75) is 51.1 Å². The van der Waals surface area contributed by atoms with Crippen LogP contribution in [-0.2, 0) is 4.79 Å². The number of nitrogens with zero attached hydrogens (tertiary/aromatic N) is 2. The predicted octanol–water partition coefficient (Wildman–Crippen LogP) is 6.30. The van der Waals surface area contributed by atoms with Crippen molar-refractivity contribution < 1.29 is 14.7 Å². The fraction of sp³-hybridized carbons (Fsp3) is 0.320. The Balaban J connectivity index is 1.82. The molecule has 1 heterocycles. The average Bonchev–Trinajstić information content (AvgIpc) is 3.16. The summed E-state index contributed by atoms with van der Waals surface area (Å²) in [5.41, 5.74) is 2.00. The molecule has 1 fully saturated rings. The molecule has 3 aromatic rings. The van der Waals surface area contributed by atoms with E-state index in [1.807, 2.05) is 25.1 Å². The highest BCUT2D eigenvalue weighted by Gasteiger charge is 2.36. The van der Waals surface area contributed by atoms with Gasteiger partial charge in [-0.1, -0.05) is 66.7 Å². The third kappa shape index (κ3) is 5.37. The number of hydrogen-bond donors (Lipinski definition) is 2. The van der Waals surface area contributed by atoms with Gasteiger partial charge in [0, 0.05) is 11.7 Å². The fourth-order valence-corrected chi connectivity index (χ4v) is 5.26. The Bertz CT molecular complexity index is 1180. The monoisotopic (exact) mass is 517 g/mol. The number of aromatic hydroxyl groups is 1. The molecule has 0 radical (unpaired) electrons. The number of phenolic OH excluding ortho intramolecular Hbond substituents is 1. The summed E-state index contributed by atoms with van der Waals surface area (Å²) in [5, 5.41) is 13.0. The smallest absolute Gasteiger partial charge is 0.280 e. The van der Waals surface area contributed by atoms with Crippen LogP contribution in [-0.4, -0.2) is 27.3 Å². The number of carbonyl (C=O) groups is 2. The number of rotatable bonds is 6. The lowest BCUT2D eigenvalue weighted by atomic mass is 9.94. The number of anilines is 1. The first-order valence-corrected chi connectivity index (χ1v) is 12.7. The summed E-state index contributed by atoms with van der Waals surface area (Å²) in [5.74, 6) is -0.765. The molecule has 1 aromatic heterocycles. The molecule has 2 aromatic carbocycles. The maximum absolute atomic E-state index is 13.9. The van der Waals surface area contributed by atoms with Gasteiger partial charge in [-0.15, -0.1) is 0 Å². The number of aromatic nitrogens is 1. The quantitative estimate of drug-likeness (QED) is 0.401. The van der Waals surface area contributed by atoms with Crippen LogP contribution in [0.25, 0.3) is 0 Å². The zero-order valence-corrected chi connectivity index (χ0v) is 21.0. The number of benzene rings is 2. The topological polar surface area (TPSA) is 82.5 Å². The predicted molar refractivity (Wildman–Crippen MR) is 136 cm³/mol. The van der Waals surface area contributed by atoms with E-state index in [1.165, 1.54) is 17.0 Å². The van der Waals surface area contributed by atoms with Gasteiger partial charge in [-0.25, -0.2) is 0 Å². The summed E-state index contributed by atoms with van der Waals surface area (Å²) >= 11 is 13.3. The minimum atomic E-state index is -1.01. The molecule has 2 N–H and O–H groups in total. The van der Waals surface area contributed by atoms with E-state index in [2.05, 4.69) is 9.69 Å². The highest BCUT2D eigenvalue weighted by Crippen LogP contribution is 2.35. The van der Waals surface area contributed by atoms with Gasteiger partial charge in [0.25, 0.3) is 5.91 Å². The summed E-state index contributed by atoms with van der Waals surface area (Å²) in [4.78, 5) is 29.1. The van der Waals surface area contributed by atoms with Crippen molar-refractivity contribution in [1.82, 2.24) is 9.69 Å². The minimum Gasteiger partial charge on any atom is -0.508 e. The van der Waals surface area contributed by atoms with Crippen molar-refractivity contribution in [1.29, 1.82) is 0 Å². The SMILES string of the molecule is Cc1cccc(N(C(=O)c2nsc(Cl)c2Cl)C(C(=O)NC2CCCCC2)c2ccc(O)cc2)c1. The van der Waals surface area contributed by atoms with Gasteiger partial charge in [-0.3, -0.25) is 14.5 Å². The van der Waals surface area contributed by atoms with Gasteiger partial charge in [0.15, 0.2) is 5.69 Å². The number of aryl methyl sites for hydroxylation is 1. The standard InChI is InChI=1S/C25H25Cl2N3O3S/c1-15-6-5-9-18(14-15)30(25(33)21-20(26)23(27)34-29-21)22(16-10-12-19(31)13-11-16)24(32)28-17-7-3-2-4-8-17/h5-6,9-14,17,22,31H,2-4,7-8H2,1H3,(H,28,32). The van der Waals surface area contributed by atoms with E-state index >= 15 is 0 Å². The number of amides is 2. The molecule has 6 nitrogen and oxygen atoms in total. The van der Waals surface area contributed by atoms with Crippen molar-refractivity contribution in [3.63, 3.8) is 0 Å². The molecule has 34 heavy (non-hydrogen) atoms. The van der Waals surface area contributed by atoms with Crippen LogP contribution in [0, 0.1) is 6.92 Å². The lowest BCUT2D eigenvalue weighted by Gasteiger charge is -2.33. The molecular formula is C25H25Cl2N3O3S. The normalized spacial score (nSPS) is 15.0. The molecule has 1 aliphatic rings. The van der Waals surface area contributed by atoms with Crippen molar-refractivity contribution in [3.05, 3.63) is 74.7 Å². The van der Waals surface area contributed by atoms with E-state index in [4.69, 9.17) is 23.2 Å². The summed E-state index contributed by atoms with van der Waals surface area (Å²) in [6.07, 6.45) is 5.08. The van der Waals surface area contributed by atoms with Crippen LogP contribution < -0.4 is 10.2 Å². The molecule has 4 rings (SSSR count). The van der Waals surface area contributed by atoms with E-state index in [9.17, 15) is 14.7 Å². The van der Waals surface area contributed by atoms with Gasteiger partial charge in [0.1, 0.15) is 21.2 Å². The van der Waals surface area contributed by atoms with Gasteiger partial charge in [0.05, 0.1) is 0 Å². The minimum absolute atomic E-state index is 0.00702. The molecule has 1 atom stereocenters. The number of nitrogens with one attached hydrogen (secondary N) is 1. The molecule has 1 unspecified atom stereocenters. The molecule has 0 aliphatic heterocycles. The fourth-order valence-electron chi connectivity index (χ4n) is 4.27. The number of halogens is 2. The molecule has 0 bridgehead atoms. The second-order valence-electron chi connectivity index (χ2n) is 8.47. The van der Waals surface area contributed by atoms with E-state index in [-0.39, 0.29) is 32.8 Å². The Morgan fingerprint density at radius 1 is 1.12 bits per heavy atom. The van der Waals surface area contributed by atoms with Crippen LogP contribution in [0.1, 0.15) is 59.8 Å². The van der Waals surface area contributed by atoms with Gasteiger partial charge in [-0.2, -0.15) is 4.37 Å². The first-order valence-electron chi connectivity index (χ1n) is 11.2. The first-order chi connectivity index (χ1) is 16.3. The van der Waals surface area contributed by atoms with Crippen LogP contribution in [0.2, 0.25) is 9.36 Å². The lowest BCUT2D eigenvalue weighted by molar-refractivity contribution is -0.123. The third-order valence-corrected chi connectivity index (χ3v) is 7.58. The average molecular weight is 518 g/mol. The highest BCUT2D eigenvalue weighted by atomic mass is 35.5. The van der Waals surface area contributed by atoms with Crippen LogP contribution in [0.3, 0.4) is 0 Å². The van der Waals surface area contributed by atoms with Crippen LogP contribution >= 0.6 is 34.7 Å². The Hall–Kier alpha value is -2.61. The van der Waals surface area contributed by atoms with Crippen molar-refractivity contribution in [3.8, 4) is 5.75 Å². The van der Waals surface area contributed by atoms with Gasteiger partial charge in [0.2, 0.25) is 5.91 Å². The number of carbonyl (C=O) groups excluding carboxylic acids is 2. The Morgan fingerprint density at radius 2 is 1.82 bits per heavy atom. The zero-order chi connectivity index (χ0) is 24.2. The van der Waals surface area contributed by atoms with E-state index in [0.29, 0.717) is 11.3 Å². The first kappa shape index (κ1) is 24.5. The molecule has 2 amide bonds. The molecule has 178 valence electrons. The second kappa shape index (κ2) is 10.8. The van der Waals surface area contributed by atoms with Crippen molar-refractivity contribution in [2.75, 3.05) is 4.90 Å². The van der Waals surface area contributed by atoms with Crippen LogP contribution in [0.5, 0.6) is 5.75 Å². The summed E-state index contributed by atoms with van der Waals surface area (Å²) < 4.78 is 4.37. The summed E-state index contributed by atoms with van der Waals surface area (Å²) in [6.45, 7) is 1.91. The van der Waals surface area contributed by atoms with E-state index in [1.54, 1.807) is 18.2 Å². The molecule has 1 aliphatic carbocycles. The molecule has 1 saturated carbocycles. The number of hydrogen-bond acceptors (Lipinski definition) is 5. The Labute approximate surface area is 212 Å². The molecular weight excluding hydrogens is 493 g/mol. The van der Waals surface area contributed by atoms with Gasteiger partial charge >= 0.3 is 0 Å². The second-order valence-corrected chi connectivity index (χ2v) is 10.2. The summed E-state index contributed by atoms with van der Waals surface area (Å²) in [6, 6.07) is 12.7. The maximum Gasteiger partial charge on any atom is 0.280 e. The summed E-state index contributed by atoms with van der Waals surface area (Å²) in [7, 11) is 0. The largest absolute Gasteiger partial charge is 0.508 e. The Morgan fingerprint density at radius 3 is 2.44 bits per heavy atom. The molecule has 0 saturated heterocycles. The third-order valence-electron chi connectivity index (χ3n) is 5.97.